The Labute approximate surface area is 195 Å². The van der Waals surface area contributed by atoms with Crippen molar-refractivity contribution in [2.24, 2.45) is 0 Å². The zero-order valence-electron chi connectivity index (χ0n) is 18.6. The van der Waals surface area contributed by atoms with Gasteiger partial charge in [0.05, 0.1) is 23.2 Å². The smallest absolute Gasteiger partial charge is 0.319 e. The predicted octanol–water partition coefficient (Wildman–Crippen LogP) is 4.25. The van der Waals surface area contributed by atoms with E-state index in [0.717, 1.165) is 12.8 Å². The molecular formula is C24H24FN3O6. The van der Waals surface area contributed by atoms with Gasteiger partial charge in [-0.1, -0.05) is 0 Å². The Morgan fingerprint density at radius 3 is 2.71 bits per heavy atom. The largest absolute Gasteiger partial charge is 0.487 e. The maximum Gasteiger partial charge on any atom is 0.319 e. The number of benzene rings is 2. The van der Waals surface area contributed by atoms with Crippen LogP contribution in [0.3, 0.4) is 0 Å². The van der Waals surface area contributed by atoms with Gasteiger partial charge in [-0.25, -0.2) is 9.18 Å². The van der Waals surface area contributed by atoms with E-state index in [2.05, 4.69) is 15.6 Å². The number of hydrogen-bond donors (Lipinski definition) is 2. The van der Waals surface area contributed by atoms with Gasteiger partial charge < -0.3 is 34.3 Å². The van der Waals surface area contributed by atoms with Crippen LogP contribution in [0.2, 0.25) is 0 Å². The fourth-order valence-corrected chi connectivity index (χ4v) is 3.56. The Kier molecular flexibility index (Phi) is 6.22. The molecule has 0 saturated heterocycles. The van der Waals surface area contributed by atoms with Crippen LogP contribution in [0.15, 0.2) is 36.5 Å². The molecule has 1 aliphatic carbocycles. The lowest BCUT2D eigenvalue weighted by Gasteiger charge is -2.23. The van der Waals surface area contributed by atoms with E-state index in [1.165, 1.54) is 12.1 Å². The van der Waals surface area contributed by atoms with Gasteiger partial charge in [0.25, 0.3) is 0 Å². The van der Waals surface area contributed by atoms with Crippen LogP contribution in [0.1, 0.15) is 12.8 Å². The Hall–Kier alpha value is -3.79. The second-order valence-electron chi connectivity index (χ2n) is 7.89. The summed E-state index contributed by atoms with van der Waals surface area (Å²) < 4.78 is 43.2. The van der Waals surface area contributed by atoms with E-state index < -0.39 is 11.8 Å². The van der Waals surface area contributed by atoms with Crippen molar-refractivity contribution in [1.29, 1.82) is 0 Å². The molecule has 0 atom stereocenters. The van der Waals surface area contributed by atoms with Gasteiger partial charge in [0.1, 0.15) is 37.1 Å². The third kappa shape index (κ3) is 4.76. The first-order chi connectivity index (χ1) is 16.6. The number of methoxy groups -OCH3 is 1. The van der Waals surface area contributed by atoms with Crippen molar-refractivity contribution in [2.75, 3.05) is 38.9 Å². The highest BCUT2D eigenvalue weighted by Crippen LogP contribution is 2.48. The first-order valence-electron chi connectivity index (χ1n) is 11.0. The van der Waals surface area contributed by atoms with Gasteiger partial charge in [0.15, 0.2) is 11.5 Å². The average Bonchev–Trinajstić information content (AvgIpc) is 3.65. The third-order valence-electron chi connectivity index (χ3n) is 5.32. The van der Waals surface area contributed by atoms with Crippen molar-refractivity contribution in [3.63, 3.8) is 0 Å². The molecule has 34 heavy (non-hydrogen) atoms. The number of nitrogens with one attached hydrogen (secondary N) is 2. The Bertz CT molecular complexity index is 1220. The van der Waals surface area contributed by atoms with Crippen molar-refractivity contribution in [1.82, 2.24) is 10.3 Å². The zero-order chi connectivity index (χ0) is 23.5. The van der Waals surface area contributed by atoms with E-state index in [0.29, 0.717) is 60.3 Å². The summed E-state index contributed by atoms with van der Waals surface area (Å²) in [4.78, 5) is 16.3. The summed E-state index contributed by atoms with van der Waals surface area (Å²) >= 11 is 0. The zero-order valence-corrected chi connectivity index (χ0v) is 18.6. The minimum atomic E-state index is -0.614. The summed E-state index contributed by atoms with van der Waals surface area (Å²) in [7, 11) is 1.60. The van der Waals surface area contributed by atoms with Crippen LogP contribution in [0.5, 0.6) is 28.7 Å². The number of nitrogens with zero attached hydrogens (tertiary/aromatic N) is 1. The second-order valence-corrected chi connectivity index (χ2v) is 7.89. The van der Waals surface area contributed by atoms with Gasteiger partial charge in [-0.05, 0) is 31.0 Å². The van der Waals surface area contributed by atoms with Crippen LogP contribution in [-0.2, 0) is 4.74 Å². The van der Waals surface area contributed by atoms with Gasteiger partial charge in [-0.15, -0.1) is 0 Å². The van der Waals surface area contributed by atoms with Crippen molar-refractivity contribution in [3.05, 3.63) is 42.3 Å². The number of amides is 2. The maximum atomic E-state index is 14.6. The van der Waals surface area contributed by atoms with E-state index in [1.807, 2.05) is 0 Å². The standard InChI is InChI=1S/C24H24FN3O6/c1-30-8-9-31-20-13-18-21(23-22(20)32-10-11-33-23)19(6-7-26-18)34-15-4-5-17(16(25)12-15)28-24(29)27-14-2-3-14/h4-7,12-14H,2-3,8-11H2,1H3,(H2,27,28,29). The first kappa shape index (κ1) is 22.0. The molecule has 2 aliphatic rings. The Balaban J connectivity index is 1.42. The molecule has 0 radical (unpaired) electrons. The number of carbonyl (C=O) groups excluding carboxylic acids is 1. The Morgan fingerprint density at radius 2 is 1.94 bits per heavy atom. The number of rotatable bonds is 8. The summed E-state index contributed by atoms with van der Waals surface area (Å²) in [6.07, 6.45) is 3.48. The highest BCUT2D eigenvalue weighted by molar-refractivity contribution is 5.95. The van der Waals surface area contributed by atoms with Gasteiger partial charge in [0.2, 0.25) is 5.75 Å². The molecule has 2 amide bonds. The van der Waals surface area contributed by atoms with Crippen molar-refractivity contribution >= 4 is 22.6 Å². The molecule has 0 bridgehead atoms. The van der Waals surface area contributed by atoms with Gasteiger partial charge >= 0.3 is 6.03 Å². The molecule has 0 unspecified atom stereocenters. The molecule has 1 aromatic heterocycles. The van der Waals surface area contributed by atoms with E-state index in [4.69, 9.17) is 23.7 Å². The van der Waals surface area contributed by atoms with E-state index >= 15 is 0 Å². The molecule has 3 aromatic rings. The van der Waals surface area contributed by atoms with Gasteiger partial charge in [-0.3, -0.25) is 4.98 Å². The number of halogens is 1. The monoisotopic (exact) mass is 469 g/mol. The van der Waals surface area contributed by atoms with Crippen LogP contribution in [0, 0.1) is 5.82 Å². The highest BCUT2D eigenvalue weighted by Gasteiger charge is 2.25. The fraction of sp³-hybridized carbons (Fsp3) is 0.333. The topological polar surface area (TPSA) is 100 Å². The first-order valence-corrected chi connectivity index (χ1v) is 11.0. The predicted molar refractivity (Wildman–Crippen MR) is 122 cm³/mol. The number of fused-ring (bicyclic) bond motifs is 3. The van der Waals surface area contributed by atoms with Gasteiger partial charge in [0, 0.05) is 31.5 Å². The maximum absolute atomic E-state index is 14.6. The normalized spacial score (nSPS) is 14.5. The summed E-state index contributed by atoms with van der Waals surface area (Å²) in [6, 6.07) is 7.41. The number of carbonyl (C=O) groups is 1. The van der Waals surface area contributed by atoms with E-state index in [-0.39, 0.29) is 17.5 Å². The molecule has 0 spiro atoms. The molecule has 2 heterocycles. The summed E-state index contributed by atoms with van der Waals surface area (Å²) in [5, 5.41) is 5.86. The summed E-state index contributed by atoms with van der Waals surface area (Å²) in [6.45, 7) is 1.49. The summed E-state index contributed by atoms with van der Waals surface area (Å²) in [5.74, 6) is 1.47. The van der Waals surface area contributed by atoms with Crippen molar-refractivity contribution in [2.45, 2.75) is 18.9 Å². The Morgan fingerprint density at radius 1 is 1.12 bits per heavy atom. The number of aromatic nitrogens is 1. The molecule has 10 heteroatoms. The molecule has 1 saturated carbocycles. The van der Waals surface area contributed by atoms with Crippen molar-refractivity contribution < 1.29 is 32.9 Å². The van der Waals surface area contributed by atoms with Crippen LogP contribution in [0.25, 0.3) is 10.9 Å². The van der Waals surface area contributed by atoms with Gasteiger partial charge in [-0.2, -0.15) is 0 Å². The number of anilines is 1. The lowest BCUT2D eigenvalue weighted by atomic mass is 10.1. The molecule has 2 aromatic carbocycles. The minimum absolute atomic E-state index is 0.0667. The average molecular weight is 469 g/mol. The van der Waals surface area contributed by atoms with Crippen molar-refractivity contribution in [3.8, 4) is 28.7 Å². The molecule has 2 N–H and O–H groups in total. The number of pyridine rings is 1. The van der Waals surface area contributed by atoms with Crippen LogP contribution in [0.4, 0.5) is 14.9 Å². The van der Waals surface area contributed by atoms with E-state index in [9.17, 15) is 9.18 Å². The van der Waals surface area contributed by atoms with E-state index in [1.54, 1.807) is 31.5 Å². The molecule has 5 rings (SSSR count). The molecule has 9 nitrogen and oxygen atoms in total. The fourth-order valence-electron chi connectivity index (χ4n) is 3.56. The molecule has 1 aliphatic heterocycles. The molecular weight excluding hydrogens is 445 g/mol. The molecule has 178 valence electrons. The summed E-state index contributed by atoms with van der Waals surface area (Å²) in [5.41, 5.74) is 0.640. The third-order valence-corrected chi connectivity index (χ3v) is 5.32. The van der Waals surface area contributed by atoms with Crippen LogP contribution >= 0.6 is 0 Å². The molecule has 1 fully saturated rings. The van der Waals surface area contributed by atoms with Crippen LogP contribution in [-0.4, -0.2) is 50.6 Å². The second kappa shape index (κ2) is 9.60. The lowest BCUT2D eigenvalue weighted by Crippen LogP contribution is -2.30. The van der Waals surface area contributed by atoms with Crippen LogP contribution < -0.4 is 29.6 Å². The number of urea groups is 1. The minimum Gasteiger partial charge on any atom is -0.487 e. The SMILES string of the molecule is COCCOc1cc2nccc(Oc3ccc(NC(=O)NC4CC4)c(F)c3)c2c2c1OCCO2. The lowest BCUT2D eigenvalue weighted by molar-refractivity contribution is 0.134. The number of hydrogen-bond acceptors (Lipinski definition) is 7. The number of ether oxygens (including phenoxy) is 5. The quantitative estimate of drug-likeness (QED) is 0.476. The highest BCUT2D eigenvalue weighted by atomic mass is 19.1.